The van der Waals surface area contributed by atoms with Crippen LogP contribution in [0.4, 0.5) is 10.5 Å². The first kappa shape index (κ1) is 19.2. The number of rotatable bonds is 5. The maximum atomic E-state index is 12.0. The Bertz CT molecular complexity index is 737. The highest BCUT2D eigenvalue weighted by molar-refractivity contribution is 7.88. The van der Waals surface area contributed by atoms with Crippen LogP contribution in [0, 0.1) is 0 Å². The van der Waals surface area contributed by atoms with E-state index in [1.54, 1.807) is 24.3 Å². The fourth-order valence-corrected chi connectivity index (χ4v) is 3.22. The minimum Gasteiger partial charge on any atom is -0.374 e. The molecule has 0 saturated carbocycles. The third-order valence-corrected chi connectivity index (χ3v) is 4.94. The molecule has 2 rings (SSSR count). The molecule has 9 nitrogen and oxygen atoms in total. The molecule has 1 aliphatic heterocycles. The van der Waals surface area contributed by atoms with E-state index in [2.05, 4.69) is 16.0 Å². The molecule has 10 heteroatoms. The van der Waals surface area contributed by atoms with E-state index in [9.17, 15) is 18.0 Å². The van der Waals surface area contributed by atoms with Gasteiger partial charge in [-0.1, -0.05) is 6.07 Å². The van der Waals surface area contributed by atoms with E-state index in [0.29, 0.717) is 17.8 Å². The smallest absolute Gasteiger partial charge is 0.319 e. The summed E-state index contributed by atoms with van der Waals surface area (Å²) in [6, 6.07) is 6.05. The molecular formula is C15H22N4O5S. The zero-order valence-corrected chi connectivity index (χ0v) is 14.9. The van der Waals surface area contributed by atoms with Crippen LogP contribution in [-0.4, -0.2) is 70.3 Å². The van der Waals surface area contributed by atoms with Crippen LogP contribution in [-0.2, 0) is 14.8 Å². The first-order valence-corrected chi connectivity index (χ1v) is 9.58. The van der Waals surface area contributed by atoms with Crippen molar-refractivity contribution in [2.45, 2.75) is 6.10 Å². The summed E-state index contributed by atoms with van der Waals surface area (Å²) in [7, 11) is -1.75. The van der Waals surface area contributed by atoms with Crippen LogP contribution in [0.25, 0.3) is 0 Å². The maximum absolute atomic E-state index is 12.0. The van der Waals surface area contributed by atoms with Crippen molar-refractivity contribution >= 4 is 27.6 Å². The van der Waals surface area contributed by atoms with Crippen molar-refractivity contribution < 1.29 is 22.7 Å². The monoisotopic (exact) mass is 370 g/mol. The summed E-state index contributed by atoms with van der Waals surface area (Å²) in [4.78, 5) is 23.6. The summed E-state index contributed by atoms with van der Waals surface area (Å²) < 4.78 is 29.9. The lowest BCUT2D eigenvalue weighted by molar-refractivity contribution is 0.00167. The third-order valence-electron chi connectivity index (χ3n) is 3.67. The largest absolute Gasteiger partial charge is 0.374 e. The van der Waals surface area contributed by atoms with Crippen LogP contribution in [0.1, 0.15) is 10.4 Å². The molecule has 25 heavy (non-hydrogen) atoms. The van der Waals surface area contributed by atoms with Gasteiger partial charge in [0, 0.05) is 37.9 Å². The number of morpholine rings is 1. The predicted molar refractivity (Wildman–Crippen MR) is 93.0 cm³/mol. The zero-order valence-electron chi connectivity index (χ0n) is 14.1. The Morgan fingerprint density at radius 2 is 2.12 bits per heavy atom. The van der Waals surface area contributed by atoms with Crippen LogP contribution in [0.15, 0.2) is 24.3 Å². The van der Waals surface area contributed by atoms with Gasteiger partial charge in [0.05, 0.1) is 19.0 Å². The second-order valence-corrected chi connectivity index (χ2v) is 7.59. The Labute approximate surface area is 146 Å². The molecule has 138 valence electrons. The quantitative estimate of drug-likeness (QED) is 0.665. The van der Waals surface area contributed by atoms with Crippen LogP contribution >= 0.6 is 0 Å². The molecule has 3 N–H and O–H groups in total. The minimum absolute atomic E-state index is 0.174. The van der Waals surface area contributed by atoms with Gasteiger partial charge in [0.15, 0.2) is 0 Å². The van der Waals surface area contributed by atoms with Crippen molar-refractivity contribution in [3.8, 4) is 0 Å². The molecule has 3 amide bonds. The molecule has 1 saturated heterocycles. The van der Waals surface area contributed by atoms with Crippen LogP contribution in [0.5, 0.6) is 0 Å². The number of sulfonamides is 1. The first-order chi connectivity index (χ1) is 11.8. The Kier molecular flexibility index (Phi) is 6.34. The minimum atomic E-state index is -3.27. The van der Waals surface area contributed by atoms with Crippen molar-refractivity contribution in [2.24, 2.45) is 0 Å². The van der Waals surface area contributed by atoms with Crippen molar-refractivity contribution in [2.75, 3.05) is 44.9 Å². The molecule has 1 fully saturated rings. The van der Waals surface area contributed by atoms with Crippen molar-refractivity contribution in [1.82, 2.24) is 14.9 Å². The molecule has 1 atom stereocenters. The zero-order chi connectivity index (χ0) is 18.4. The summed E-state index contributed by atoms with van der Waals surface area (Å²) in [5, 5.41) is 7.77. The molecule has 1 aromatic carbocycles. The Morgan fingerprint density at radius 3 is 2.80 bits per heavy atom. The molecule has 0 spiro atoms. The van der Waals surface area contributed by atoms with Crippen molar-refractivity contribution in [3.05, 3.63) is 29.8 Å². The topological polar surface area (TPSA) is 117 Å². The van der Waals surface area contributed by atoms with E-state index in [1.165, 1.54) is 11.4 Å². The fraction of sp³-hybridized carbons (Fsp3) is 0.467. The van der Waals surface area contributed by atoms with E-state index in [-0.39, 0.29) is 25.6 Å². The number of carbonyl (C=O) groups is 2. The van der Waals surface area contributed by atoms with Gasteiger partial charge in [0.1, 0.15) is 0 Å². The van der Waals surface area contributed by atoms with E-state index in [0.717, 1.165) is 6.26 Å². The normalized spacial score (nSPS) is 18.4. The highest BCUT2D eigenvalue weighted by atomic mass is 32.2. The number of carbonyl (C=O) groups excluding carboxylic acids is 2. The van der Waals surface area contributed by atoms with Gasteiger partial charge in [-0.3, -0.25) is 4.79 Å². The van der Waals surface area contributed by atoms with Crippen LogP contribution in [0.3, 0.4) is 0 Å². The lowest BCUT2D eigenvalue weighted by atomic mass is 10.2. The maximum Gasteiger partial charge on any atom is 0.319 e. The number of nitrogens with zero attached hydrogens (tertiary/aromatic N) is 1. The summed E-state index contributed by atoms with van der Waals surface area (Å²) in [6.45, 7) is 0.973. The van der Waals surface area contributed by atoms with E-state index in [4.69, 9.17) is 4.74 Å². The van der Waals surface area contributed by atoms with Gasteiger partial charge in [0.2, 0.25) is 10.0 Å². The average molecular weight is 370 g/mol. The first-order valence-electron chi connectivity index (χ1n) is 7.73. The molecule has 0 unspecified atom stereocenters. The Hall–Kier alpha value is -2.17. The molecule has 1 heterocycles. The highest BCUT2D eigenvalue weighted by Crippen LogP contribution is 2.11. The SMILES string of the molecule is CNC(=O)c1cccc(NC(=O)NC[C@H]2CN(S(C)(=O)=O)CCO2)c1. The van der Waals surface area contributed by atoms with Gasteiger partial charge < -0.3 is 20.7 Å². The Balaban J connectivity index is 1.86. The lowest BCUT2D eigenvalue weighted by Gasteiger charge is -2.31. The summed E-state index contributed by atoms with van der Waals surface area (Å²) >= 11 is 0. The summed E-state index contributed by atoms with van der Waals surface area (Å²) in [5.74, 6) is -0.250. The summed E-state index contributed by atoms with van der Waals surface area (Å²) in [6.07, 6.45) is 0.737. The predicted octanol–water partition coefficient (Wildman–Crippen LogP) is -0.172. The second kappa shape index (κ2) is 8.28. The molecular weight excluding hydrogens is 348 g/mol. The van der Waals surface area contributed by atoms with Gasteiger partial charge in [-0.15, -0.1) is 0 Å². The molecule has 0 aromatic heterocycles. The Morgan fingerprint density at radius 1 is 1.36 bits per heavy atom. The average Bonchev–Trinajstić information content (AvgIpc) is 2.59. The molecule has 0 radical (unpaired) electrons. The van der Waals surface area contributed by atoms with Gasteiger partial charge in [-0.2, -0.15) is 4.31 Å². The number of ether oxygens (including phenoxy) is 1. The number of hydrogen-bond acceptors (Lipinski definition) is 5. The molecule has 1 aromatic rings. The number of anilines is 1. The molecule has 0 bridgehead atoms. The third kappa shape index (κ3) is 5.69. The van der Waals surface area contributed by atoms with Crippen LogP contribution < -0.4 is 16.0 Å². The fourth-order valence-electron chi connectivity index (χ4n) is 2.38. The number of nitrogens with one attached hydrogen (secondary N) is 3. The standard InChI is InChI=1S/C15H22N4O5S/c1-16-14(20)11-4-3-5-12(8-11)18-15(21)17-9-13-10-19(6-7-24-13)25(2,22)23/h3-5,8,13H,6-7,9-10H2,1-2H3,(H,16,20)(H2,17,18,21)/t13-/m0/s1. The number of benzene rings is 1. The summed E-state index contributed by atoms with van der Waals surface area (Å²) in [5.41, 5.74) is 0.903. The van der Waals surface area contributed by atoms with Crippen molar-refractivity contribution in [1.29, 1.82) is 0 Å². The number of hydrogen-bond donors (Lipinski definition) is 3. The lowest BCUT2D eigenvalue weighted by Crippen LogP contribution is -2.49. The number of urea groups is 1. The molecule has 0 aliphatic carbocycles. The van der Waals surface area contributed by atoms with Gasteiger partial charge in [0.25, 0.3) is 5.91 Å². The van der Waals surface area contributed by atoms with E-state index in [1.807, 2.05) is 0 Å². The second-order valence-electron chi connectivity index (χ2n) is 5.61. The van der Waals surface area contributed by atoms with Crippen LogP contribution in [0.2, 0.25) is 0 Å². The van der Waals surface area contributed by atoms with Gasteiger partial charge in [-0.05, 0) is 18.2 Å². The van der Waals surface area contributed by atoms with E-state index >= 15 is 0 Å². The number of amides is 3. The highest BCUT2D eigenvalue weighted by Gasteiger charge is 2.26. The van der Waals surface area contributed by atoms with Crippen molar-refractivity contribution in [3.63, 3.8) is 0 Å². The van der Waals surface area contributed by atoms with Gasteiger partial charge >= 0.3 is 6.03 Å². The molecule has 1 aliphatic rings. The van der Waals surface area contributed by atoms with E-state index < -0.39 is 22.2 Å². The van der Waals surface area contributed by atoms with Gasteiger partial charge in [-0.25, -0.2) is 13.2 Å².